The van der Waals surface area contributed by atoms with Crippen molar-refractivity contribution < 1.29 is 9.32 Å². The third-order valence-electron chi connectivity index (χ3n) is 5.10. The monoisotopic (exact) mass is 340 g/mol. The van der Waals surface area contributed by atoms with E-state index < -0.39 is 0 Å². The van der Waals surface area contributed by atoms with Crippen LogP contribution in [0.25, 0.3) is 11.4 Å². The Bertz CT molecular complexity index is 768. The highest BCUT2D eigenvalue weighted by atomic mass is 16.5. The number of nitrogens with zero attached hydrogens (tertiary/aromatic N) is 4. The summed E-state index contributed by atoms with van der Waals surface area (Å²) >= 11 is 0. The molecule has 132 valence electrons. The van der Waals surface area contributed by atoms with Crippen LogP contribution >= 0.6 is 0 Å². The fourth-order valence-electron chi connectivity index (χ4n) is 3.51. The Balaban J connectivity index is 1.46. The average Bonchev–Trinajstić information content (AvgIpc) is 3.21. The van der Waals surface area contributed by atoms with Crippen LogP contribution in [0.4, 0.5) is 0 Å². The molecular weight excluding hydrogens is 316 g/mol. The number of likely N-dealkylation sites (tertiary alicyclic amines) is 1. The van der Waals surface area contributed by atoms with E-state index in [1.807, 2.05) is 36.2 Å². The lowest BCUT2D eigenvalue weighted by atomic mass is 10.1. The molecule has 4 rings (SSSR count). The first-order valence-corrected chi connectivity index (χ1v) is 8.98. The number of benzene rings is 1. The Morgan fingerprint density at radius 2 is 2.20 bits per heavy atom. The molecule has 1 aromatic heterocycles. The van der Waals surface area contributed by atoms with Crippen molar-refractivity contribution in [2.75, 3.05) is 33.7 Å². The van der Waals surface area contributed by atoms with Gasteiger partial charge in [0.1, 0.15) is 0 Å². The fourth-order valence-corrected chi connectivity index (χ4v) is 3.51. The van der Waals surface area contributed by atoms with E-state index in [0.717, 1.165) is 44.5 Å². The Kier molecular flexibility index (Phi) is 4.29. The third kappa shape index (κ3) is 3.58. The zero-order valence-corrected chi connectivity index (χ0v) is 14.8. The molecule has 0 bridgehead atoms. The van der Waals surface area contributed by atoms with E-state index in [-0.39, 0.29) is 5.91 Å². The van der Waals surface area contributed by atoms with Crippen LogP contribution in [0.15, 0.2) is 28.8 Å². The van der Waals surface area contributed by atoms with Crippen molar-refractivity contribution in [1.29, 1.82) is 0 Å². The van der Waals surface area contributed by atoms with Gasteiger partial charge in [0, 0.05) is 37.2 Å². The Morgan fingerprint density at radius 1 is 1.36 bits per heavy atom. The summed E-state index contributed by atoms with van der Waals surface area (Å²) < 4.78 is 5.33. The molecule has 1 unspecified atom stereocenters. The van der Waals surface area contributed by atoms with E-state index >= 15 is 0 Å². The lowest BCUT2D eigenvalue weighted by Crippen LogP contribution is -2.32. The summed E-state index contributed by atoms with van der Waals surface area (Å²) in [5.41, 5.74) is 1.50. The lowest BCUT2D eigenvalue weighted by Gasteiger charge is -2.21. The topological polar surface area (TPSA) is 62.5 Å². The quantitative estimate of drug-likeness (QED) is 0.837. The molecule has 1 aromatic carbocycles. The van der Waals surface area contributed by atoms with Crippen molar-refractivity contribution in [2.45, 2.75) is 25.2 Å². The summed E-state index contributed by atoms with van der Waals surface area (Å²) in [7, 11) is 4.01. The van der Waals surface area contributed by atoms with Gasteiger partial charge in [-0.2, -0.15) is 4.98 Å². The summed E-state index contributed by atoms with van der Waals surface area (Å²) in [4.78, 5) is 21.4. The van der Waals surface area contributed by atoms with Gasteiger partial charge in [-0.3, -0.25) is 4.79 Å². The van der Waals surface area contributed by atoms with Crippen molar-refractivity contribution >= 4 is 5.91 Å². The molecule has 2 fully saturated rings. The highest BCUT2D eigenvalue weighted by molar-refractivity contribution is 5.95. The van der Waals surface area contributed by atoms with Gasteiger partial charge in [0.15, 0.2) is 0 Å². The van der Waals surface area contributed by atoms with Crippen molar-refractivity contribution in [3.63, 3.8) is 0 Å². The van der Waals surface area contributed by atoms with Crippen LogP contribution in [0.3, 0.4) is 0 Å². The molecule has 6 nitrogen and oxygen atoms in total. The maximum absolute atomic E-state index is 12.8. The van der Waals surface area contributed by atoms with E-state index in [1.165, 1.54) is 0 Å². The van der Waals surface area contributed by atoms with Gasteiger partial charge in [0.25, 0.3) is 5.91 Å². The van der Waals surface area contributed by atoms with Gasteiger partial charge < -0.3 is 14.3 Å². The van der Waals surface area contributed by atoms with Gasteiger partial charge in [0.2, 0.25) is 11.7 Å². The van der Waals surface area contributed by atoms with E-state index in [9.17, 15) is 4.79 Å². The highest BCUT2D eigenvalue weighted by Crippen LogP contribution is 2.39. The Labute approximate surface area is 147 Å². The molecule has 1 amide bonds. The minimum absolute atomic E-state index is 0.0438. The summed E-state index contributed by atoms with van der Waals surface area (Å²) in [6.45, 7) is 2.97. The fraction of sp³-hybridized carbons (Fsp3) is 0.526. The minimum atomic E-state index is 0.0438. The number of hydrogen-bond donors (Lipinski definition) is 0. The zero-order chi connectivity index (χ0) is 17.4. The van der Waals surface area contributed by atoms with E-state index in [2.05, 4.69) is 22.1 Å². The van der Waals surface area contributed by atoms with Gasteiger partial charge in [-0.1, -0.05) is 17.3 Å². The van der Waals surface area contributed by atoms with Crippen LogP contribution in [0, 0.1) is 5.92 Å². The summed E-state index contributed by atoms with van der Waals surface area (Å²) in [6.07, 6.45) is 3.41. The number of aromatic nitrogens is 2. The van der Waals surface area contributed by atoms with Crippen LogP contribution in [-0.2, 0) is 0 Å². The molecule has 1 aliphatic heterocycles. The van der Waals surface area contributed by atoms with E-state index in [1.54, 1.807) is 0 Å². The number of hydrogen-bond acceptors (Lipinski definition) is 5. The predicted molar refractivity (Wildman–Crippen MR) is 94.3 cm³/mol. The maximum atomic E-state index is 12.8. The molecule has 0 N–H and O–H groups in total. The highest BCUT2D eigenvalue weighted by Gasteiger charge is 2.30. The van der Waals surface area contributed by atoms with Crippen LogP contribution in [0.5, 0.6) is 0 Å². The molecule has 2 heterocycles. The average molecular weight is 340 g/mol. The van der Waals surface area contributed by atoms with E-state index in [4.69, 9.17) is 4.52 Å². The van der Waals surface area contributed by atoms with Crippen molar-refractivity contribution in [3.8, 4) is 11.4 Å². The molecule has 25 heavy (non-hydrogen) atoms. The molecule has 2 aliphatic rings. The molecule has 6 heteroatoms. The molecule has 0 radical (unpaired) electrons. The smallest absolute Gasteiger partial charge is 0.253 e. The number of carbonyl (C=O) groups is 1. The number of amides is 1. The number of carbonyl (C=O) groups excluding carboxylic acids is 1. The second-order valence-electron chi connectivity index (χ2n) is 7.41. The SMILES string of the molecule is CN1CCC(CN(C)C(=O)c2cccc(-c3noc(C4CC4)n3)c2)C1. The standard InChI is InChI=1S/C19H24N4O2/c1-22-9-8-13(11-22)12-23(2)19(24)16-5-3-4-15(10-16)17-20-18(25-21-17)14-6-7-14/h3-5,10,13-14H,6-9,11-12H2,1-2H3. The molecule has 0 spiro atoms. The molecule has 1 saturated heterocycles. The van der Waals surface area contributed by atoms with E-state index in [0.29, 0.717) is 29.1 Å². The first kappa shape index (κ1) is 16.3. The third-order valence-corrected chi connectivity index (χ3v) is 5.10. The van der Waals surface area contributed by atoms with Gasteiger partial charge in [-0.25, -0.2) is 0 Å². The van der Waals surface area contributed by atoms with Crippen molar-refractivity contribution in [2.24, 2.45) is 5.92 Å². The first-order chi connectivity index (χ1) is 12.1. The summed E-state index contributed by atoms with van der Waals surface area (Å²) in [5.74, 6) is 2.32. The Morgan fingerprint density at radius 3 is 2.92 bits per heavy atom. The predicted octanol–water partition coefficient (Wildman–Crippen LogP) is 2.64. The van der Waals surface area contributed by atoms with Crippen LogP contribution in [-0.4, -0.2) is 59.6 Å². The van der Waals surface area contributed by atoms with Crippen LogP contribution in [0.1, 0.15) is 41.4 Å². The van der Waals surface area contributed by atoms with Gasteiger partial charge in [0.05, 0.1) is 0 Å². The summed E-state index contributed by atoms with van der Waals surface area (Å²) in [6, 6.07) is 7.52. The molecule has 2 aromatic rings. The van der Waals surface area contributed by atoms with Crippen LogP contribution in [0.2, 0.25) is 0 Å². The maximum Gasteiger partial charge on any atom is 0.253 e. The van der Waals surface area contributed by atoms with Gasteiger partial charge in [-0.15, -0.1) is 0 Å². The zero-order valence-electron chi connectivity index (χ0n) is 14.8. The van der Waals surface area contributed by atoms with Crippen molar-refractivity contribution in [3.05, 3.63) is 35.7 Å². The normalized spacial score (nSPS) is 20.8. The molecule has 1 atom stereocenters. The largest absolute Gasteiger partial charge is 0.341 e. The lowest BCUT2D eigenvalue weighted by molar-refractivity contribution is 0.0774. The molecule has 1 saturated carbocycles. The minimum Gasteiger partial charge on any atom is -0.341 e. The number of rotatable bonds is 5. The molecule has 1 aliphatic carbocycles. The molecular formula is C19H24N4O2. The van der Waals surface area contributed by atoms with Crippen molar-refractivity contribution in [1.82, 2.24) is 19.9 Å². The summed E-state index contributed by atoms with van der Waals surface area (Å²) in [5, 5.41) is 4.07. The Hall–Kier alpha value is -2.21. The van der Waals surface area contributed by atoms with Crippen LogP contribution < -0.4 is 0 Å². The second kappa shape index (κ2) is 6.59. The second-order valence-corrected chi connectivity index (χ2v) is 7.41. The van der Waals surface area contributed by atoms with Gasteiger partial charge >= 0.3 is 0 Å². The first-order valence-electron chi connectivity index (χ1n) is 8.98. The van der Waals surface area contributed by atoms with Gasteiger partial charge in [-0.05, 0) is 50.9 Å².